The van der Waals surface area contributed by atoms with E-state index in [9.17, 15) is 22.8 Å². The highest BCUT2D eigenvalue weighted by Gasteiger charge is 2.42. The monoisotopic (exact) mass is 612 g/mol. The van der Waals surface area contributed by atoms with Gasteiger partial charge >= 0.3 is 6.09 Å². The van der Waals surface area contributed by atoms with Crippen LogP contribution in [-0.2, 0) is 39.0 Å². The maximum Gasteiger partial charge on any atom is 0.413 e. The summed E-state index contributed by atoms with van der Waals surface area (Å²) in [6.45, 7) is 5.82. The molecular weight excluding hydrogens is 580 g/mol. The van der Waals surface area contributed by atoms with E-state index >= 15 is 0 Å². The molecule has 1 fully saturated rings. The van der Waals surface area contributed by atoms with E-state index < -0.39 is 33.5 Å². The van der Waals surface area contributed by atoms with Crippen LogP contribution in [0.15, 0.2) is 59.5 Å². The van der Waals surface area contributed by atoms with Crippen LogP contribution in [0.2, 0.25) is 0 Å². The highest BCUT2D eigenvalue weighted by atomic mass is 32.2. The largest absolute Gasteiger partial charge is 0.453 e. The topological polar surface area (TPSA) is 134 Å². The van der Waals surface area contributed by atoms with Crippen LogP contribution < -0.4 is 10.6 Å². The van der Waals surface area contributed by atoms with E-state index in [0.29, 0.717) is 24.5 Å². The number of carbonyl (C=O) groups excluding carboxylic acids is 3. The number of nitrogens with zero attached hydrogens (tertiary/aromatic N) is 2. The fourth-order valence-corrected chi connectivity index (χ4v) is 8.00. The first-order valence-corrected chi connectivity index (χ1v) is 15.6. The van der Waals surface area contributed by atoms with Gasteiger partial charge in [0.25, 0.3) is 11.8 Å². The Morgan fingerprint density at radius 1 is 1.05 bits per heavy atom. The summed E-state index contributed by atoms with van der Waals surface area (Å²) in [6.07, 6.45) is -0.344. The zero-order chi connectivity index (χ0) is 30.1. The molecule has 42 heavy (non-hydrogen) atoms. The smallest absolute Gasteiger partial charge is 0.413 e. The Morgan fingerprint density at radius 3 is 2.40 bits per heavy atom. The second-order valence-corrected chi connectivity index (χ2v) is 13.7. The van der Waals surface area contributed by atoms with Crippen LogP contribution in [0, 0.1) is 0 Å². The molecule has 3 amide bonds. The van der Waals surface area contributed by atoms with Crippen LogP contribution in [0.3, 0.4) is 0 Å². The summed E-state index contributed by atoms with van der Waals surface area (Å²) in [6, 6.07) is 15.7. The number of hydrogen-bond donors (Lipinski definition) is 2. The van der Waals surface area contributed by atoms with Crippen molar-refractivity contribution in [3.63, 3.8) is 0 Å². The fraction of sp³-hybridized carbons (Fsp3) is 0.345. The third kappa shape index (κ3) is 6.10. The number of imide groups is 1. The summed E-state index contributed by atoms with van der Waals surface area (Å²) in [5.41, 5.74) is 1.69. The van der Waals surface area contributed by atoms with E-state index in [0.717, 1.165) is 24.1 Å². The van der Waals surface area contributed by atoms with E-state index in [1.807, 2.05) is 18.2 Å². The van der Waals surface area contributed by atoms with E-state index in [1.54, 1.807) is 13.8 Å². The van der Waals surface area contributed by atoms with E-state index in [1.165, 1.54) is 45.5 Å². The van der Waals surface area contributed by atoms with E-state index in [2.05, 4.69) is 32.4 Å². The second kappa shape index (κ2) is 11.9. The molecule has 0 spiro atoms. The maximum absolute atomic E-state index is 13.3. The predicted molar refractivity (Wildman–Crippen MR) is 157 cm³/mol. The van der Waals surface area contributed by atoms with Gasteiger partial charge < -0.3 is 14.8 Å². The normalized spacial score (nSPS) is 16.9. The zero-order valence-corrected chi connectivity index (χ0v) is 25.1. The summed E-state index contributed by atoms with van der Waals surface area (Å²) < 4.78 is 37.6. The molecule has 13 heteroatoms. The van der Waals surface area contributed by atoms with Crippen molar-refractivity contribution in [2.75, 3.05) is 32.3 Å². The average molecular weight is 613 g/mol. The molecule has 0 unspecified atom stereocenters. The summed E-state index contributed by atoms with van der Waals surface area (Å²) in [4.78, 5) is 41.5. The summed E-state index contributed by atoms with van der Waals surface area (Å²) in [5, 5.41) is 5.33. The standard InChI is InChI=1S/C29H32N4O7S2/c1-29(2)17-40-18-33(29)42(37,38)21-11-9-20(10-12-21)25(34)30-27-24(26(35)31-28(36)39-3)22-13-14-32(16-23(22)41-27)15-19-7-5-4-6-8-19/h4-12H,13-18H2,1-3H3,(H,30,34)(H,31,35,36). The molecule has 2 aliphatic heterocycles. The second-order valence-electron chi connectivity index (χ2n) is 10.7. The molecule has 2 N–H and O–H groups in total. The SMILES string of the molecule is COC(=O)NC(=O)c1c(NC(=O)c2ccc(S(=O)(=O)N3COCC3(C)C)cc2)sc2c1CCN(Cc1ccccc1)C2. The first-order chi connectivity index (χ1) is 20.0. The number of sulfonamides is 1. The van der Waals surface area contributed by atoms with Crippen LogP contribution in [0.5, 0.6) is 0 Å². The number of thiophene rings is 1. The lowest BCUT2D eigenvalue weighted by atomic mass is 10.0. The highest BCUT2D eigenvalue weighted by Crippen LogP contribution is 2.38. The molecule has 11 nitrogen and oxygen atoms in total. The molecule has 5 rings (SSSR count). The summed E-state index contributed by atoms with van der Waals surface area (Å²) in [7, 11) is -2.67. The van der Waals surface area contributed by atoms with E-state index in [4.69, 9.17) is 4.74 Å². The lowest BCUT2D eigenvalue weighted by Crippen LogP contribution is -2.44. The van der Waals surface area contributed by atoms with Gasteiger partial charge in [-0.1, -0.05) is 30.3 Å². The number of amides is 3. The number of rotatable bonds is 7. The average Bonchev–Trinajstić information content (AvgIpc) is 3.52. The van der Waals surface area contributed by atoms with Crippen LogP contribution in [0.4, 0.5) is 9.80 Å². The van der Waals surface area contributed by atoms with Gasteiger partial charge in [0.15, 0.2) is 0 Å². The summed E-state index contributed by atoms with van der Waals surface area (Å²) in [5.74, 6) is -1.18. The number of ether oxygens (including phenoxy) is 2. The minimum atomic E-state index is -3.83. The number of nitrogens with one attached hydrogen (secondary N) is 2. The first-order valence-electron chi connectivity index (χ1n) is 13.3. The van der Waals surface area contributed by atoms with Crippen LogP contribution in [0.1, 0.15) is 50.6 Å². The van der Waals surface area contributed by atoms with Gasteiger partial charge in [-0.15, -0.1) is 11.3 Å². The Bertz CT molecular complexity index is 1600. The molecule has 1 saturated heterocycles. The van der Waals surface area contributed by atoms with Crippen molar-refractivity contribution in [2.45, 2.75) is 43.8 Å². The molecule has 1 aromatic heterocycles. The van der Waals surface area contributed by atoms with Crippen LogP contribution in [-0.4, -0.2) is 68.1 Å². The van der Waals surface area contributed by atoms with Gasteiger partial charge in [0, 0.05) is 30.1 Å². The van der Waals surface area contributed by atoms with Crippen molar-refractivity contribution in [1.82, 2.24) is 14.5 Å². The van der Waals surface area contributed by atoms with Crippen molar-refractivity contribution >= 4 is 44.3 Å². The number of benzene rings is 2. The minimum absolute atomic E-state index is 0.0419. The van der Waals surface area contributed by atoms with Gasteiger partial charge in [-0.25, -0.2) is 13.2 Å². The number of carbonyl (C=O) groups is 3. The molecule has 2 aliphatic rings. The third-order valence-electron chi connectivity index (χ3n) is 7.28. The zero-order valence-electron chi connectivity index (χ0n) is 23.5. The number of methoxy groups -OCH3 is 1. The van der Waals surface area contributed by atoms with Gasteiger partial charge in [-0.2, -0.15) is 4.31 Å². The minimum Gasteiger partial charge on any atom is -0.453 e. The molecule has 3 aromatic rings. The molecule has 0 radical (unpaired) electrons. The quantitative estimate of drug-likeness (QED) is 0.412. The molecule has 0 atom stereocenters. The Hall–Kier alpha value is -3.62. The van der Waals surface area contributed by atoms with Crippen molar-refractivity contribution in [3.8, 4) is 0 Å². The number of fused-ring (bicyclic) bond motifs is 1. The van der Waals surface area contributed by atoms with Gasteiger partial charge in [0.05, 0.1) is 29.7 Å². The third-order valence-corrected chi connectivity index (χ3v) is 10.5. The van der Waals surface area contributed by atoms with Gasteiger partial charge in [-0.05, 0) is 55.7 Å². The Labute approximate surface area is 248 Å². The molecule has 0 saturated carbocycles. The fourth-order valence-electron chi connectivity index (χ4n) is 5.07. The number of alkyl carbamates (subject to hydrolysis) is 1. The van der Waals surface area contributed by atoms with Crippen molar-refractivity contribution in [3.05, 3.63) is 81.7 Å². The van der Waals surface area contributed by atoms with Crippen molar-refractivity contribution in [2.24, 2.45) is 0 Å². The lowest BCUT2D eigenvalue weighted by molar-refractivity contribution is 0.0936. The van der Waals surface area contributed by atoms with Crippen LogP contribution in [0.25, 0.3) is 0 Å². The molecular formula is C29H32N4O7S2. The van der Waals surface area contributed by atoms with Crippen molar-refractivity contribution in [1.29, 1.82) is 0 Å². The van der Waals surface area contributed by atoms with Crippen LogP contribution >= 0.6 is 11.3 Å². The Balaban J connectivity index is 1.38. The Kier molecular flexibility index (Phi) is 8.49. The van der Waals surface area contributed by atoms with E-state index in [-0.39, 0.29) is 29.4 Å². The van der Waals surface area contributed by atoms with Crippen molar-refractivity contribution < 1.29 is 32.3 Å². The number of anilines is 1. The predicted octanol–water partition coefficient (Wildman–Crippen LogP) is 3.81. The first kappa shape index (κ1) is 29.9. The molecule has 222 valence electrons. The molecule has 2 aromatic carbocycles. The Morgan fingerprint density at radius 2 is 1.76 bits per heavy atom. The summed E-state index contributed by atoms with van der Waals surface area (Å²) >= 11 is 1.28. The molecule has 0 aliphatic carbocycles. The molecule has 3 heterocycles. The van der Waals surface area contributed by atoms with Gasteiger partial charge in [0.1, 0.15) is 11.7 Å². The molecule has 0 bridgehead atoms. The van der Waals surface area contributed by atoms with Gasteiger partial charge in [-0.3, -0.25) is 19.8 Å². The highest BCUT2D eigenvalue weighted by molar-refractivity contribution is 7.89. The van der Waals surface area contributed by atoms with Gasteiger partial charge in [0.2, 0.25) is 10.0 Å². The maximum atomic E-state index is 13.3. The lowest BCUT2D eigenvalue weighted by Gasteiger charge is -2.28. The number of hydrogen-bond acceptors (Lipinski definition) is 9.